The zero-order chi connectivity index (χ0) is 25.3. The zero-order valence-corrected chi connectivity index (χ0v) is 20.8. The summed E-state index contributed by atoms with van der Waals surface area (Å²) in [6, 6.07) is 10.7. The largest absolute Gasteiger partial charge is 0.573 e. The monoisotopic (exact) mass is 501 g/mol. The Balaban J connectivity index is 1.18. The smallest absolute Gasteiger partial charge is 0.406 e. The highest BCUT2D eigenvalue weighted by atomic mass is 19.4. The summed E-state index contributed by atoms with van der Waals surface area (Å²) >= 11 is 0. The molecule has 3 aliphatic heterocycles. The van der Waals surface area contributed by atoms with E-state index in [1.165, 1.54) is 62.9 Å². The predicted molar refractivity (Wildman–Crippen MR) is 132 cm³/mol. The minimum atomic E-state index is -4.72. The Hall–Kier alpha value is -2.58. The average molecular weight is 502 g/mol. The molecule has 3 heterocycles. The van der Waals surface area contributed by atoms with Gasteiger partial charge in [-0.05, 0) is 93.2 Å². The van der Waals surface area contributed by atoms with E-state index in [9.17, 15) is 18.0 Å². The average Bonchev–Trinajstić information content (AvgIpc) is 3.15. The van der Waals surface area contributed by atoms with Gasteiger partial charge in [0.25, 0.3) is 5.91 Å². The van der Waals surface area contributed by atoms with Crippen LogP contribution in [0.15, 0.2) is 36.4 Å². The van der Waals surface area contributed by atoms with Gasteiger partial charge in [0.05, 0.1) is 0 Å². The summed E-state index contributed by atoms with van der Waals surface area (Å²) in [5, 5.41) is 0. The van der Waals surface area contributed by atoms with Gasteiger partial charge in [0.1, 0.15) is 5.75 Å². The van der Waals surface area contributed by atoms with Crippen molar-refractivity contribution < 1.29 is 22.7 Å². The van der Waals surface area contributed by atoms with Gasteiger partial charge in [0, 0.05) is 31.2 Å². The predicted octanol–water partition coefficient (Wildman–Crippen LogP) is 5.50. The molecule has 0 N–H and O–H groups in total. The minimum Gasteiger partial charge on any atom is -0.406 e. The molecule has 0 saturated carbocycles. The molecule has 2 fully saturated rings. The van der Waals surface area contributed by atoms with Crippen LogP contribution in [0.3, 0.4) is 0 Å². The SMILES string of the molecule is Cc1cc(CN2CCC(N3CCCCC3)CC2)cc2c1C(=O)N(Cc1ccc(OC(F)(F)F)cc1)C2. The lowest BCUT2D eigenvalue weighted by atomic mass is 9.97. The van der Waals surface area contributed by atoms with Crippen molar-refractivity contribution in [1.82, 2.24) is 14.7 Å². The summed E-state index contributed by atoms with van der Waals surface area (Å²) in [6.45, 7) is 8.48. The first kappa shape index (κ1) is 25.1. The number of rotatable bonds is 6. The van der Waals surface area contributed by atoms with Gasteiger partial charge >= 0.3 is 6.36 Å². The van der Waals surface area contributed by atoms with Gasteiger partial charge in [-0.25, -0.2) is 0 Å². The molecule has 0 unspecified atom stereocenters. The third-order valence-corrected chi connectivity index (χ3v) is 7.74. The molecule has 8 heteroatoms. The molecule has 3 aliphatic rings. The van der Waals surface area contributed by atoms with Gasteiger partial charge in [-0.1, -0.05) is 30.7 Å². The molecule has 1 amide bonds. The van der Waals surface area contributed by atoms with Crippen LogP contribution in [0.4, 0.5) is 13.2 Å². The van der Waals surface area contributed by atoms with Gasteiger partial charge in [0.2, 0.25) is 0 Å². The summed E-state index contributed by atoms with van der Waals surface area (Å²) in [5.41, 5.74) is 4.80. The van der Waals surface area contributed by atoms with Crippen molar-refractivity contribution in [3.8, 4) is 5.75 Å². The molecule has 0 aromatic heterocycles. The number of amides is 1. The number of carbonyl (C=O) groups excluding carboxylic acids is 1. The first-order valence-corrected chi connectivity index (χ1v) is 13.0. The number of hydrogen-bond acceptors (Lipinski definition) is 4. The second kappa shape index (κ2) is 10.4. The topological polar surface area (TPSA) is 36.0 Å². The molecule has 0 aliphatic carbocycles. The molecular weight excluding hydrogens is 467 g/mol. The summed E-state index contributed by atoms with van der Waals surface area (Å²) in [5.74, 6) is -0.283. The molecule has 2 aromatic carbocycles. The van der Waals surface area contributed by atoms with Crippen LogP contribution in [0.1, 0.15) is 64.7 Å². The minimum absolute atomic E-state index is 0.0213. The lowest BCUT2D eigenvalue weighted by Gasteiger charge is -2.40. The number of nitrogens with zero attached hydrogens (tertiary/aromatic N) is 3. The van der Waals surface area contributed by atoms with Crippen LogP contribution in [0, 0.1) is 6.92 Å². The van der Waals surface area contributed by atoms with Gasteiger partial charge in [0.15, 0.2) is 0 Å². The van der Waals surface area contributed by atoms with Crippen molar-refractivity contribution in [2.75, 3.05) is 26.2 Å². The van der Waals surface area contributed by atoms with Crippen molar-refractivity contribution in [3.63, 3.8) is 0 Å². The van der Waals surface area contributed by atoms with E-state index >= 15 is 0 Å². The summed E-state index contributed by atoms with van der Waals surface area (Å²) in [6.07, 6.45) is 1.78. The summed E-state index contributed by atoms with van der Waals surface area (Å²) < 4.78 is 41.2. The second-order valence-corrected chi connectivity index (χ2v) is 10.4. The quantitative estimate of drug-likeness (QED) is 0.524. The van der Waals surface area contributed by atoms with Gasteiger partial charge in [-0.3, -0.25) is 9.69 Å². The Morgan fingerprint density at radius 1 is 0.917 bits per heavy atom. The fraction of sp³-hybridized carbons (Fsp3) is 0.536. The molecule has 194 valence electrons. The number of alkyl halides is 3. The maximum Gasteiger partial charge on any atom is 0.573 e. The van der Waals surface area contributed by atoms with Crippen LogP contribution in [0.2, 0.25) is 0 Å². The molecule has 0 bridgehead atoms. The first-order chi connectivity index (χ1) is 17.2. The number of benzene rings is 2. The van der Waals surface area contributed by atoms with Gasteiger partial charge in [-0.15, -0.1) is 13.2 Å². The van der Waals surface area contributed by atoms with E-state index in [-0.39, 0.29) is 11.7 Å². The fourth-order valence-electron chi connectivity index (χ4n) is 6.03. The van der Waals surface area contributed by atoms with Crippen LogP contribution >= 0.6 is 0 Å². The zero-order valence-electron chi connectivity index (χ0n) is 20.8. The second-order valence-electron chi connectivity index (χ2n) is 10.4. The Bertz CT molecular complexity index is 1070. The van der Waals surface area contributed by atoms with E-state index in [1.807, 2.05) is 6.92 Å². The number of ether oxygens (including phenoxy) is 1. The first-order valence-electron chi connectivity index (χ1n) is 13.0. The lowest BCUT2D eigenvalue weighted by Crippen LogP contribution is -2.46. The number of aryl methyl sites for hydroxylation is 1. The van der Waals surface area contributed by atoms with Crippen LogP contribution in [-0.2, 0) is 19.6 Å². The summed E-state index contributed by atoms with van der Waals surface area (Å²) in [4.78, 5) is 20.1. The van der Waals surface area contributed by atoms with Gasteiger partial charge in [-0.2, -0.15) is 0 Å². The molecule has 5 nitrogen and oxygen atoms in total. The van der Waals surface area contributed by atoms with E-state index in [4.69, 9.17) is 0 Å². The Morgan fingerprint density at radius 2 is 1.61 bits per heavy atom. The molecule has 0 radical (unpaired) electrons. The maximum absolute atomic E-state index is 13.1. The molecule has 0 atom stereocenters. The lowest BCUT2D eigenvalue weighted by molar-refractivity contribution is -0.274. The number of likely N-dealkylation sites (tertiary alicyclic amines) is 2. The van der Waals surface area contributed by atoms with E-state index in [2.05, 4.69) is 26.7 Å². The van der Waals surface area contributed by atoms with E-state index in [0.717, 1.165) is 47.9 Å². The molecule has 0 spiro atoms. The van der Waals surface area contributed by atoms with Crippen molar-refractivity contribution in [3.05, 3.63) is 64.2 Å². The highest BCUT2D eigenvalue weighted by Gasteiger charge is 2.32. The molecule has 2 aromatic rings. The molecular formula is C28H34F3N3O2. The van der Waals surface area contributed by atoms with Crippen molar-refractivity contribution in [2.24, 2.45) is 0 Å². The Labute approximate surface area is 210 Å². The van der Waals surface area contributed by atoms with Crippen LogP contribution in [-0.4, -0.2) is 59.2 Å². The van der Waals surface area contributed by atoms with Crippen LogP contribution < -0.4 is 4.74 Å². The molecule has 36 heavy (non-hydrogen) atoms. The highest BCUT2D eigenvalue weighted by molar-refractivity contribution is 5.99. The molecule has 2 saturated heterocycles. The Morgan fingerprint density at radius 3 is 2.28 bits per heavy atom. The van der Waals surface area contributed by atoms with Crippen molar-refractivity contribution >= 4 is 5.91 Å². The van der Waals surface area contributed by atoms with E-state index < -0.39 is 6.36 Å². The van der Waals surface area contributed by atoms with E-state index in [0.29, 0.717) is 13.1 Å². The van der Waals surface area contributed by atoms with Crippen molar-refractivity contribution in [2.45, 2.75) is 71.1 Å². The van der Waals surface area contributed by atoms with Crippen LogP contribution in [0.25, 0.3) is 0 Å². The fourth-order valence-corrected chi connectivity index (χ4v) is 6.03. The summed E-state index contributed by atoms with van der Waals surface area (Å²) in [7, 11) is 0. The van der Waals surface area contributed by atoms with Crippen molar-refractivity contribution in [1.29, 1.82) is 0 Å². The number of halogens is 3. The number of piperidine rings is 2. The number of fused-ring (bicyclic) bond motifs is 1. The standard InChI is InChI=1S/C28H34F3N3O2/c1-20-15-22(17-32-13-9-24(10-14-32)33-11-3-2-4-12-33)16-23-19-34(27(35)26(20)23)18-21-5-7-25(8-6-21)36-28(29,30)31/h5-8,15-16,24H,2-4,9-14,17-19H2,1H3. The normalized spacial score (nSPS) is 20.1. The number of carbonyl (C=O) groups is 1. The third-order valence-electron chi connectivity index (χ3n) is 7.74. The maximum atomic E-state index is 13.1. The number of hydrogen-bond donors (Lipinski definition) is 0. The third kappa shape index (κ3) is 5.86. The van der Waals surface area contributed by atoms with Gasteiger partial charge < -0.3 is 14.5 Å². The van der Waals surface area contributed by atoms with E-state index in [1.54, 1.807) is 17.0 Å². The van der Waals surface area contributed by atoms with Crippen LogP contribution in [0.5, 0.6) is 5.75 Å². The Kier molecular flexibility index (Phi) is 7.26. The highest BCUT2D eigenvalue weighted by Crippen LogP contribution is 2.30. The molecule has 5 rings (SSSR count).